The lowest BCUT2D eigenvalue weighted by Crippen LogP contribution is -2.03. The molecule has 3 nitrogen and oxygen atoms in total. The van der Waals surface area contributed by atoms with Crippen molar-refractivity contribution in [2.45, 2.75) is 20.4 Å². The molecule has 0 spiro atoms. The Kier molecular flexibility index (Phi) is 3.92. The molecule has 1 heterocycles. The number of hydrogen-bond donors (Lipinski definition) is 2. The minimum Gasteiger partial charge on any atom is -0.379 e. The maximum atomic E-state index is 13.1. The van der Waals surface area contributed by atoms with Crippen molar-refractivity contribution < 1.29 is 4.39 Å². The van der Waals surface area contributed by atoms with Gasteiger partial charge >= 0.3 is 0 Å². The van der Waals surface area contributed by atoms with Crippen LogP contribution in [0.25, 0.3) is 0 Å². The van der Waals surface area contributed by atoms with Gasteiger partial charge in [-0.25, -0.2) is 4.39 Å². The smallest absolute Gasteiger partial charge is 0.125 e. The number of aromatic nitrogens is 2. The van der Waals surface area contributed by atoms with Crippen LogP contribution >= 0.6 is 27.5 Å². The summed E-state index contributed by atoms with van der Waals surface area (Å²) in [6.45, 7) is 4.47. The van der Waals surface area contributed by atoms with E-state index in [9.17, 15) is 4.39 Å². The van der Waals surface area contributed by atoms with Crippen LogP contribution in [0.1, 0.15) is 17.0 Å². The summed E-state index contributed by atoms with van der Waals surface area (Å²) in [5.74, 6) is -0.368. The standard InChI is InChI=1S/C12H12BrClFN3/c1-6-9(7(2)18-17-6)5-16-12-10(13)3-8(15)4-11(12)14/h3-4,16H,5H2,1-2H3,(H,17,18). The third-order valence-corrected chi connectivity index (χ3v) is 3.65. The predicted octanol–water partition coefficient (Wildman–Crippen LogP) is 4.19. The van der Waals surface area contributed by atoms with E-state index in [-0.39, 0.29) is 5.82 Å². The molecule has 0 fully saturated rings. The number of anilines is 1. The first-order chi connectivity index (χ1) is 8.49. The van der Waals surface area contributed by atoms with Gasteiger partial charge in [-0.1, -0.05) is 11.6 Å². The molecule has 0 amide bonds. The van der Waals surface area contributed by atoms with E-state index in [1.807, 2.05) is 13.8 Å². The van der Waals surface area contributed by atoms with Crippen LogP contribution in [0.3, 0.4) is 0 Å². The molecule has 0 saturated carbocycles. The molecule has 2 aromatic rings. The van der Waals surface area contributed by atoms with Crippen molar-refractivity contribution in [3.05, 3.63) is 44.4 Å². The van der Waals surface area contributed by atoms with Crippen molar-refractivity contribution in [2.75, 3.05) is 5.32 Å². The summed E-state index contributed by atoms with van der Waals surface area (Å²) in [6.07, 6.45) is 0. The summed E-state index contributed by atoms with van der Waals surface area (Å²) in [6, 6.07) is 2.66. The van der Waals surface area contributed by atoms with Gasteiger partial charge in [0.05, 0.1) is 16.4 Å². The van der Waals surface area contributed by atoms with Crippen LogP contribution in [0.2, 0.25) is 5.02 Å². The van der Waals surface area contributed by atoms with Crippen molar-refractivity contribution in [2.24, 2.45) is 0 Å². The van der Waals surface area contributed by atoms with Crippen LogP contribution in [-0.4, -0.2) is 10.2 Å². The summed E-state index contributed by atoms with van der Waals surface area (Å²) in [5, 5.41) is 10.6. The molecule has 1 aromatic carbocycles. The highest BCUT2D eigenvalue weighted by Gasteiger charge is 2.10. The third kappa shape index (κ3) is 2.67. The van der Waals surface area contributed by atoms with E-state index in [1.165, 1.54) is 12.1 Å². The van der Waals surface area contributed by atoms with Crippen LogP contribution in [-0.2, 0) is 6.54 Å². The second-order valence-corrected chi connectivity index (χ2v) is 5.27. The molecule has 0 radical (unpaired) electrons. The fourth-order valence-corrected chi connectivity index (χ4v) is 2.68. The molecular weight excluding hydrogens is 321 g/mol. The number of aryl methyl sites for hydroxylation is 2. The summed E-state index contributed by atoms with van der Waals surface area (Å²) < 4.78 is 13.7. The normalized spacial score (nSPS) is 10.7. The van der Waals surface area contributed by atoms with E-state index in [0.29, 0.717) is 21.7 Å². The summed E-state index contributed by atoms with van der Waals surface area (Å²) in [5.41, 5.74) is 3.71. The zero-order valence-electron chi connectivity index (χ0n) is 9.94. The first-order valence-electron chi connectivity index (χ1n) is 5.38. The Bertz CT molecular complexity index is 540. The zero-order valence-corrected chi connectivity index (χ0v) is 12.3. The van der Waals surface area contributed by atoms with Gasteiger partial charge in [-0.2, -0.15) is 5.10 Å². The zero-order chi connectivity index (χ0) is 13.3. The summed E-state index contributed by atoms with van der Waals surface area (Å²) >= 11 is 9.29. The van der Waals surface area contributed by atoms with Gasteiger partial charge in [-0.05, 0) is 41.9 Å². The molecule has 0 aliphatic carbocycles. The quantitative estimate of drug-likeness (QED) is 0.884. The number of nitrogens with zero attached hydrogens (tertiary/aromatic N) is 1. The number of rotatable bonds is 3. The lowest BCUT2D eigenvalue weighted by molar-refractivity contribution is 0.627. The Labute approximate surface area is 118 Å². The molecule has 6 heteroatoms. The van der Waals surface area contributed by atoms with E-state index in [1.54, 1.807) is 0 Å². The van der Waals surface area contributed by atoms with Gasteiger partial charge in [-0.3, -0.25) is 5.10 Å². The van der Waals surface area contributed by atoms with Crippen LogP contribution in [0.5, 0.6) is 0 Å². The van der Waals surface area contributed by atoms with E-state index < -0.39 is 0 Å². The number of aromatic amines is 1. The molecule has 0 saturated heterocycles. The summed E-state index contributed by atoms with van der Waals surface area (Å²) in [7, 11) is 0. The predicted molar refractivity (Wildman–Crippen MR) is 74.5 cm³/mol. The van der Waals surface area contributed by atoms with Gasteiger partial charge in [0.15, 0.2) is 0 Å². The summed E-state index contributed by atoms with van der Waals surface area (Å²) in [4.78, 5) is 0. The van der Waals surface area contributed by atoms with Crippen LogP contribution in [0.4, 0.5) is 10.1 Å². The molecule has 96 valence electrons. The van der Waals surface area contributed by atoms with Crippen LogP contribution in [0, 0.1) is 19.7 Å². The van der Waals surface area contributed by atoms with E-state index in [4.69, 9.17) is 11.6 Å². The molecule has 0 atom stereocenters. The monoisotopic (exact) mass is 331 g/mol. The Morgan fingerprint density at radius 1 is 1.44 bits per heavy atom. The number of benzene rings is 1. The SMILES string of the molecule is Cc1n[nH]c(C)c1CNc1c(Cl)cc(F)cc1Br. The largest absolute Gasteiger partial charge is 0.379 e. The van der Waals surface area contributed by atoms with Crippen molar-refractivity contribution >= 4 is 33.2 Å². The molecule has 1 aromatic heterocycles. The molecule has 0 aliphatic heterocycles. The number of nitrogens with one attached hydrogen (secondary N) is 2. The molecular formula is C12H12BrClFN3. The van der Waals surface area contributed by atoms with E-state index in [0.717, 1.165) is 17.0 Å². The number of halogens is 3. The van der Waals surface area contributed by atoms with Crippen molar-refractivity contribution in [3.63, 3.8) is 0 Å². The lowest BCUT2D eigenvalue weighted by Gasteiger charge is -2.11. The van der Waals surface area contributed by atoms with Gasteiger partial charge in [0, 0.05) is 22.3 Å². The highest BCUT2D eigenvalue weighted by Crippen LogP contribution is 2.32. The third-order valence-electron chi connectivity index (χ3n) is 2.73. The van der Waals surface area contributed by atoms with Crippen LogP contribution < -0.4 is 5.32 Å². The molecule has 2 N–H and O–H groups in total. The van der Waals surface area contributed by atoms with Crippen LogP contribution in [0.15, 0.2) is 16.6 Å². The molecule has 0 bridgehead atoms. The van der Waals surface area contributed by atoms with Gasteiger partial charge in [-0.15, -0.1) is 0 Å². The fourth-order valence-electron chi connectivity index (χ4n) is 1.72. The van der Waals surface area contributed by atoms with Crippen molar-refractivity contribution in [1.29, 1.82) is 0 Å². The van der Waals surface area contributed by atoms with Gasteiger partial charge in [0.2, 0.25) is 0 Å². The first-order valence-corrected chi connectivity index (χ1v) is 6.55. The second kappa shape index (κ2) is 5.28. The van der Waals surface area contributed by atoms with Gasteiger partial charge < -0.3 is 5.32 Å². The minimum atomic E-state index is -0.368. The molecule has 0 aliphatic rings. The van der Waals surface area contributed by atoms with E-state index in [2.05, 4.69) is 31.4 Å². The Morgan fingerprint density at radius 2 is 2.17 bits per heavy atom. The lowest BCUT2D eigenvalue weighted by atomic mass is 10.2. The van der Waals surface area contributed by atoms with Gasteiger partial charge in [0.25, 0.3) is 0 Å². The number of hydrogen-bond acceptors (Lipinski definition) is 2. The highest BCUT2D eigenvalue weighted by atomic mass is 79.9. The Hall–Kier alpha value is -1.07. The highest BCUT2D eigenvalue weighted by molar-refractivity contribution is 9.10. The maximum Gasteiger partial charge on any atom is 0.125 e. The first kappa shape index (κ1) is 13.4. The molecule has 18 heavy (non-hydrogen) atoms. The molecule has 0 unspecified atom stereocenters. The fraction of sp³-hybridized carbons (Fsp3) is 0.250. The Balaban J connectivity index is 2.21. The Morgan fingerprint density at radius 3 is 2.72 bits per heavy atom. The topological polar surface area (TPSA) is 40.7 Å². The minimum absolute atomic E-state index is 0.348. The second-order valence-electron chi connectivity index (χ2n) is 4.01. The van der Waals surface area contributed by atoms with Gasteiger partial charge in [0.1, 0.15) is 5.82 Å². The number of H-pyrrole nitrogens is 1. The maximum absolute atomic E-state index is 13.1. The van der Waals surface area contributed by atoms with E-state index >= 15 is 0 Å². The van der Waals surface area contributed by atoms with Crippen molar-refractivity contribution in [1.82, 2.24) is 10.2 Å². The van der Waals surface area contributed by atoms with Crippen molar-refractivity contribution in [3.8, 4) is 0 Å². The molecule has 2 rings (SSSR count). The average molecular weight is 333 g/mol. The average Bonchev–Trinajstić information content (AvgIpc) is 2.58.